The van der Waals surface area contributed by atoms with Gasteiger partial charge in [0.05, 0.1) is 11.7 Å². The number of nitrogens with two attached hydrogens (primary N) is 1. The van der Waals surface area contributed by atoms with E-state index in [9.17, 15) is 5.26 Å². The second-order valence-electron chi connectivity index (χ2n) is 6.45. The summed E-state index contributed by atoms with van der Waals surface area (Å²) in [5, 5.41) is 17.4. The Morgan fingerprint density at radius 1 is 1.21 bits per heavy atom. The average molecular weight is 370 g/mol. The number of aromatic nitrogens is 5. The van der Waals surface area contributed by atoms with Gasteiger partial charge in [0.15, 0.2) is 5.65 Å². The Labute approximate surface area is 161 Å². The molecule has 4 aromatic rings. The number of benzene rings is 1. The molecule has 1 atom stereocenters. The number of rotatable bonds is 4. The Kier molecular flexibility index (Phi) is 4.33. The van der Waals surface area contributed by atoms with Crippen molar-refractivity contribution in [2.24, 2.45) is 0 Å². The molecule has 8 heteroatoms. The SMILES string of the molecule is Cc1ccccc1-c1nn2ccnc2cc1C(C)Nc1ncnc(N)c1C#N. The zero-order chi connectivity index (χ0) is 19.7. The number of hydrogen-bond donors (Lipinski definition) is 2. The first-order valence-corrected chi connectivity index (χ1v) is 8.76. The summed E-state index contributed by atoms with van der Waals surface area (Å²) in [5.74, 6) is 0.537. The van der Waals surface area contributed by atoms with E-state index in [0.29, 0.717) is 5.82 Å². The normalized spacial score (nSPS) is 11.9. The predicted molar refractivity (Wildman–Crippen MR) is 106 cm³/mol. The second kappa shape index (κ2) is 6.96. The van der Waals surface area contributed by atoms with Crippen molar-refractivity contribution in [1.29, 1.82) is 5.26 Å². The zero-order valence-corrected chi connectivity index (χ0v) is 15.5. The van der Waals surface area contributed by atoms with E-state index < -0.39 is 0 Å². The van der Waals surface area contributed by atoms with Crippen LogP contribution in [0.15, 0.2) is 49.1 Å². The minimum atomic E-state index is -0.204. The summed E-state index contributed by atoms with van der Waals surface area (Å²) in [6.07, 6.45) is 4.87. The molecule has 8 nitrogen and oxygen atoms in total. The fraction of sp³-hybridized carbons (Fsp3) is 0.150. The number of aryl methyl sites for hydroxylation is 1. The van der Waals surface area contributed by atoms with E-state index in [1.807, 2.05) is 37.4 Å². The molecule has 4 rings (SSSR count). The van der Waals surface area contributed by atoms with Gasteiger partial charge in [0, 0.05) is 23.5 Å². The molecule has 1 aromatic carbocycles. The van der Waals surface area contributed by atoms with Crippen LogP contribution in [0.4, 0.5) is 11.6 Å². The number of nitrogens with one attached hydrogen (secondary N) is 1. The van der Waals surface area contributed by atoms with Gasteiger partial charge in [-0.05, 0) is 25.5 Å². The standard InChI is InChI=1S/C20H18N8/c1-12-5-3-4-6-14(12)18-15(9-17-23-7-8-28(17)27-18)13(2)26-20-16(10-21)19(22)24-11-25-20/h3-9,11,13H,1-2H3,(H3,22,24,25,26). The van der Waals surface area contributed by atoms with Gasteiger partial charge in [-0.2, -0.15) is 10.4 Å². The summed E-state index contributed by atoms with van der Waals surface area (Å²) in [7, 11) is 0. The highest BCUT2D eigenvalue weighted by Gasteiger charge is 2.19. The van der Waals surface area contributed by atoms with Crippen LogP contribution < -0.4 is 11.1 Å². The largest absolute Gasteiger partial charge is 0.382 e. The van der Waals surface area contributed by atoms with E-state index in [2.05, 4.69) is 39.3 Å². The Bertz CT molecular complexity index is 1200. The first-order chi connectivity index (χ1) is 13.6. The molecule has 0 radical (unpaired) electrons. The minimum absolute atomic E-state index is 0.146. The predicted octanol–water partition coefficient (Wildman–Crippen LogP) is 3.12. The fourth-order valence-corrected chi connectivity index (χ4v) is 3.15. The third-order valence-corrected chi connectivity index (χ3v) is 4.62. The topological polar surface area (TPSA) is 118 Å². The van der Waals surface area contributed by atoms with Crippen molar-refractivity contribution in [3.63, 3.8) is 0 Å². The molecular formula is C20H18N8. The Hall–Kier alpha value is -3.99. The first kappa shape index (κ1) is 17.4. The van der Waals surface area contributed by atoms with Crippen molar-refractivity contribution in [3.05, 3.63) is 65.7 Å². The van der Waals surface area contributed by atoms with Crippen molar-refractivity contribution in [1.82, 2.24) is 24.6 Å². The number of nitrogen functional groups attached to an aromatic ring is 1. The van der Waals surface area contributed by atoms with Gasteiger partial charge in [-0.3, -0.25) is 0 Å². The highest BCUT2D eigenvalue weighted by Crippen LogP contribution is 2.31. The van der Waals surface area contributed by atoms with Crippen LogP contribution in [0.3, 0.4) is 0 Å². The molecule has 0 saturated heterocycles. The zero-order valence-electron chi connectivity index (χ0n) is 15.5. The lowest BCUT2D eigenvalue weighted by molar-refractivity contribution is 0.839. The van der Waals surface area contributed by atoms with Crippen molar-refractivity contribution < 1.29 is 0 Å². The van der Waals surface area contributed by atoms with Gasteiger partial charge in [0.1, 0.15) is 29.6 Å². The van der Waals surface area contributed by atoms with Crippen molar-refractivity contribution in [3.8, 4) is 17.3 Å². The number of nitriles is 1. The lowest BCUT2D eigenvalue weighted by atomic mass is 9.98. The van der Waals surface area contributed by atoms with Crippen LogP contribution in [0.2, 0.25) is 0 Å². The maximum atomic E-state index is 9.39. The van der Waals surface area contributed by atoms with Gasteiger partial charge in [-0.25, -0.2) is 19.5 Å². The van der Waals surface area contributed by atoms with Gasteiger partial charge < -0.3 is 11.1 Å². The van der Waals surface area contributed by atoms with Crippen LogP contribution in [-0.2, 0) is 0 Å². The number of anilines is 2. The number of imidazole rings is 1. The van der Waals surface area contributed by atoms with Crippen LogP contribution in [0, 0.1) is 18.3 Å². The summed E-state index contributed by atoms with van der Waals surface area (Å²) in [6, 6.07) is 11.9. The van der Waals surface area contributed by atoms with Crippen LogP contribution in [0.25, 0.3) is 16.9 Å². The van der Waals surface area contributed by atoms with Crippen LogP contribution in [-0.4, -0.2) is 24.6 Å². The van der Waals surface area contributed by atoms with E-state index in [1.54, 1.807) is 10.7 Å². The molecular weight excluding hydrogens is 352 g/mol. The molecule has 0 saturated carbocycles. The third-order valence-electron chi connectivity index (χ3n) is 4.62. The highest BCUT2D eigenvalue weighted by molar-refractivity contribution is 5.70. The van der Waals surface area contributed by atoms with Gasteiger partial charge in [-0.15, -0.1) is 0 Å². The summed E-state index contributed by atoms with van der Waals surface area (Å²) < 4.78 is 1.75. The Balaban J connectivity index is 1.84. The molecule has 0 aliphatic rings. The molecule has 0 amide bonds. The van der Waals surface area contributed by atoms with E-state index >= 15 is 0 Å². The van der Waals surface area contributed by atoms with Crippen molar-refractivity contribution in [2.75, 3.05) is 11.1 Å². The molecule has 28 heavy (non-hydrogen) atoms. The summed E-state index contributed by atoms with van der Waals surface area (Å²) in [5.41, 5.74) is 10.7. The first-order valence-electron chi connectivity index (χ1n) is 8.76. The lowest BCUT2D eigenvalue weighted by Gasteiger charge is -2.19. The van der Waals surface area contributed by atoms with E-state index in [0.717, 1.165) is 28.0 Å². The van der Waals surface area contributed by atoms with E-state index in [-0.39, 0.29) is 17.4 Å². The average Bonchev–Trinajstić information content (AvgIpc) is 3.15. The molecule has 3 heterocycles. The third kappa shape index (κ3) is 2.99. The number of hydrogen-bond acceptors (Lipinski definition) is 7. The van der Waals surface area contributed by atoms with Crippen LogP contribution in [0.1, 0.15) is 29.7 Å². The smallest absolute Gasteiger partial charge is 0.153 e. The quantitative estimate of drug-likeness (QED) is 0.566. The fourth-order valence-electron chi connectivity index (χ4n) is 3.15. The molecule has 0 spiro atoms. The monoisotopic (exact) mass is 370 g/mol. The van der Waals surface area contributed by atoms with Gasteiger partial charge in [-0.1, -0.05) is 24.3 Å². The lowest BCUT2D eigenvalue weighted by Crippen LogP contribution is -2.14. The van der Waals surface area contributed by atoms with E-state index in [4.69, 9.17) is 10.8 Å². The molecule has 3 N–H and O–H groups in total. The van der Waals surface area contributed by atoms with E-state index in [1.165, 1.54) is 6.33 Å². The minimum Gasteiger partial charge on any atom is -0.382 e. The van der Waals surface area contributed by atoms with Crippen molar-refractivity contribution in [2.45, 2.75) is 19.9 Å². The van der Waals surface area contributed by atoms with Gasteiger partial charge >= 0.3 is 0 Å². The summed E-state index contributed by atoms with van der Waals surface area (Å²) >= 11 is 0. The highest BCUT2D eigenvalue weighted by atomic mass is 15.2. The molecule has 0 aliphatic carbocycles. The van der Waals surface area contributed by atoms with Gasteiger partial charge in [0.25, 0.3) is 0 Å². The van der Waals surface area contributed by atoms with Crippen LogP contribution >= 0.6 is 0 Å². The van der Waals surface area contributed by atoms with Crippen LogP contribution in [0.5, 0.6) is 0 Å². The summed E-state index contributed by atoms with van der Waals surface area (Å²) in [4.78, 5) is 12.4. The number of fused-ring (bicyclic) bond motifs is 1. The maximum absolute atomic E-state index is 9.39. The Morgan fingerprint density at radius 2 is 2.04 bits per heavy atom. The molecule has 0 fully saturated rings. The summed E-state index contributed by atoms with van der Waals surface area (Å²) in [6.45, 7) is 4.04. The maximum Gasteiger partial charge on any atom is 0.153 e. The molecule has 138 valence electrons. The molecule has 0 aliphatic heterocycles. The van der Waals surface area contributed by atoms with Gasteiger partial charge in [0.2, 0.25) is 0 Å². The number of nitrogens with zero attached hydrogens (tertiary/aromatic N) is 6. The Morgan fingerprint density at radius 3 is 2.82 bits per heavy atom. The molecule has 0 bridgehead atoms. The second-order valence-corrected chi connectivity index (χ2v) is 6.45. The molecule has 3 aromatic heterocycles. The van der Waals surface area contributed by atoms with Crippen molar-refractivity contribution >= 4 is 17.3 Å². The molecule has 1 unspecified atom stereocenters.